The smallest absolute Gasteiger partial charge is 0.366 e. The number of hydrogen-bond donors (Lipinski definition) is 1. The molecule has 184 valence electrons. The van der Waals surface area contributed by atoms with Crippen LogP contribution in [-0.2, 0) is 14.4 Å². The van der Waals surface area contributed by atoms with Crippen LogP contribution < -0.4 is 0 Å². The molecule has 5 heteroatoms. The third-order valence-corrected chi connectivity index (χ3v) is 5.80. The summed E-state index contributed by atoms with van der Waals surface area (Å²) in [4.78, 5) is 17.9. The maximum absolute atomic E-state index is 12.1. The topological polar surface area (TPSA) is 55.8 Å². The van der Waals surface area contributed by atoms with Gasteiger partial charge in [-0.25, -0.2) is 4.79 Å². The number of likely N-dealkylation sites (N-methyl/N-ethyl adjacent to an activating group) is 1. The number of ether oxygens (including phenoxy) is 1. The molecule has 31 heavy (non-hydrogen) atoms. The average molecular weight is 443 g/mol. The molecule has 1 fully saturated rings. The van der Waals surface area contributed by atoms with E-state index in [0.717, 1.165) is 32.5 Å². The molecular formula is C26H52NO4+. The van der Waals surface area contributed by atoms with Crippen molar-refractivity contribution in [1.29, 1.82) is 0 Å². The van der Waals surface area contributed by atoms with E-state index in [1.807, 2.05) is 0 Å². The Kier molecular flexibility index (Phi) is 21.6. The highest BCUT2D eigenvalue weighted by molar-refractivity contribution is 5.68. The fourth-order valence-electron chi connectivity index (χ4n) is 3.75. The summed E-state index contributed by atoms with van der Waals surface area (Å²) in [5, 5.41) is 7.57. The van der Waals surface area contributed by atoms with Gasteiger partial charge >= 0.3 is 5.97 Å². The lowest BCUT2D eigenvalue weighted by atomic mass is 10.1. The highest BCUT2D eigenvalue weighted by Gasteiger charge is 2.33. The normalized spacial score (nSPS) is 15.5. The Morgan fingerprint density at radius 1 is 0.839 bits per heavy atom. The maximum atomic E-state index is 12.1. The van der Waals surface area contributed by atoms with Crippen LogP contribution in [0.15, 0.2) is 12.2 Å². The maximum Gasteiger partial charge on any atom is 0.366 e. The van der Waals surface area contributed by atoms with E-state index in [9.17, 15) is 4.79 Å². The Bertz CT molecular complexity index is 420. The highest BCUT2D eigenvalue weighted by Crippen LogP contribution is 2.15. The Morgan fingerprint density at radius 3 is 1.84 bits per heavy atom. The van der Waals surface area contributed by atoms with Gasteiger partial charge in [0.1, 0.15) is 19.6 Å². The number of hydroxylamine groups is 3. The summed E-state index contributed by atoms with van der Waals surface area (Å²) >= 11 is 0. The highest BCUT2D eigenvalue weighted by atomic mass is 16.7. The number of quaternary nitrogens is 1. The van der Waals surface area contributed by atoms with Gasteiger partial charge in [-0.05, 0) is 46.0 Å². The lowest BCUT2D eigenvalue weighted by Gasteiger charge is -2.36. The summed E-state index contributed by atoms with van der Waals surface area (Å²) in [5.74, 6) is -0.0404. The molecule has 1 rings (SSSR count). The zero-order valence-electron chi connectivity index (χ0n) is 20.9. The van der Waals surface area contributed by atoms with Gasteiger partial charge in [-0.3, -0.25) is 4.84 Å². The quantitative estimate of drug-likeness (QED) is 0.162. The van der Waals surface area contributed by atoms with E-state index in [1.165, 1.54) is 70.6 Å². The molecule has 0 aliphatic carbocycles. The van der Waals surface area contributed by atoms with Crippen LogP contribution in [0.5, 0.6) is 0 Å². The van der Waals surface area contributed by atoms with E-state index < -0.39 is 0 Å². The van der Waals surface area contributed by atoms with Crippen LogP contribution >= 0.6 is 0 Å². The van der Waals surface area contributed by atoms with E-state index >= 15 is 0 Å². The Balaban J connectivity index is 0.00000282. The first-order chi connectivity index (χ1) is 15.1. The average Bonchev–Trinajstić information content (AvgIpc) is 2.77. The molecule has 0 aromatic carbocycles. The molecule has 5 nitrogen and oxygen atoms in total. The predicted octanol–water partition coefficient (Wildman–Crippen LogP) is 6.35. The summed E-state index contributed by atoms with van der Waals surface area (Å²) in [5.41, 5.74) is 0. The molecule has 0 atom stereocenters. The van der Waals surface area contributed by atoms with Gasteiger partial charge in [0.25, 0.3) is 0 Å². The fraction of sp³-hybridized carbons (Fsp3) is 0.885. The molecule has 0 amide bonds. The number of carbonyl (C=O) groups is 1. The van der Waals surface area contributed by atoms with Crippen molar-refractivity contribution in [3.63, 3.8) is 0 Å². The fourth-order valence-corrected chi connectivity index (χ4v) is 3.75. The number of nitrogens with zero attached hydrogens (tertiary/aromatic N) is 1. The molecular weight excluding hydrogens is 390 g/mol. The molecule has 0 saturated carbocycles. The zero-order chi connectivity index (χ0) is 23.0. The minimum atomic E-state index is -0.0404. The molecule has 1 aliphatic rings. The molecule has 1 aliphatic heterocycles. The van der Waals surface area contributed by atoms with Crippen molar-refractivity contribution in [2.24, 2.45) is 0 Å². The number of aliphatic hydroxyl groups excluding tert-OH is 1. The van der Waals surface area contributed by atoms with Crippen LogP contribution in [0, 0.1) is 0 Å². The molecule has 0 aromatic rings. The number of allylic oxidation sites excluding steroid dienone is 2. The van der Waals surface area contributed by atoms with Crippen LogP contribution in [0.2, 0.25) is 0 Å². The summed E-state index contributed by atoms with van der Waals surface area (Å²) < 4.78 is 5.84. The molecule has 0 spiro atoms. The van der Waals surface area contributed by atoms with Crippen molar-refractivity contribution in [2.75, 3.05) is 39.5 Å². The molecule has 1 saturated heterocycles. The number of morpholine rings is 1. The van der Waals surface area contributed by atoms with Gasteiger partial charge in [-0.15, -0.1) is 4.65 Å². The van der Waals surface area contributed by atoms with Gasteiger partial charge in [-0.2, -0.15) is 0 Å². The monoisotopic (exact) mass is 442 g/mol. The van der Waals surface area contributed by atoms with Crippen LogP contribution in [-0.4, -0.2) is 55.2 Å². The van der Waals surface area contributed by atoms with E-state index in [4.69, 9.17) is 14.7 Å². The van der Waals surface area contributed by atoms with Crippen molar-refractivity contribution in [2.45, 2.75) is 111 Å². The second-order valence-corrected chi connectivity index (χ2v) is 8.55. The van der Waals surface area contributed by atoms with Gasteiger partial charge in [-0.1, -0.05) is 70.4 Å². The third kappa shape index (κ3) is 18.4. The molecule has 1 N–H and O–H groups in total. The van der Waals surface area contributed by atoms with E-state index in [0.29, 0.717) is 24.3 Å². The lowest BCUT2D eigenvalue weighted by molar-refractivity contribution is -1.09. The predicted molar refractivity (Wildman–Crippen MR) is 130 cm³/mol. The van der Waals surface area contributed by atoms with Gasteiger partial charge in [0.2, 0.25) is 0 Å². The van der Waals surface area contributed by atoms with E-state index in [1.54, 1.807) is 6.92 Å². The standard InChI is InChI=1S/C24H46NO3.C2H6O/c1-3-5-6-7-8-9-10-11-12-13-14-15-16-17-18-19-24(26)28-25(4-2)20-22-27-23-21-25;1-2-3/h11-12H,3-10,13-23H2,1-2H3;3H,2H2,1H3/q+1;/b12-11-;. The van der Waals surface area contributed by atoms with Crippen molar-refractivity contribution >= 4 is 5.97 Å². The van der Waals surface area contributed by atoms with Crippen molar-refractivity contribution in [1.82, 2.24) is 0 Å². The number of hydrogen-bond acceptors (Lipinski definition) is 4. The second kappa shape index (κ2) is 22.3. The number of rotatable bonds is 17. The van der Waals surface area contributed by atoms with E-state index in [2.05, 4.69) is 26.0 Å². The van der Waals surface area contributed by atoms with Crippen LogP contribution in [0.4, 0.5) is 0 Å². The summed E-state index contributed by atoms with van der Waals surface area (Å²) in [7, 11) is 0. The van der Waals surface area contributed by atoms with Crippen molar-refractivity contribution in [3.8, 4) is 0 Å². The Labute approximate surface area is 192 Å². The zero-order valence-corrected chi connectivity index (χ0v) is 20.9. The van der Waals surface area contributed by atoms with Gasteiger partial charge in [0.05, 0.1) is 19.6 Å². The first-order valence-corrected chi connectivity index (χ1v) is 13.1. The second-order valence-electron chi connectivity index (χ2n) is 8.55. The minimum Gasteiger partial charge on any atom is -0.397 e. The SMILES string of the molecule is CCCCCCCC/C=C\CCCCCCCC(=O)O[N+]1(CC)CCOCC1.CCO. The van der Waals surface area contributed by atoms with Crippen LogP contribution in [0.25, 0.3) is 0 Å². The first kappa shape index (κ1) is 30.1. The molecule has 0 radical (unpaired) electrons. The molecule has 0 unspecified atom stereocenters. The molecule has 0 aromatic heterocycles. The largest absolute Gasteiger partial charge is 0.397 e. The number of unbranched alkanes of at least 4 members (excludes halogenated alkanes) is 11. The third-order valence-electron chi connectivity index (χ3n) is 5.80. The summed E-state index contributed by atoms with van der Waals surface area (Å²) in [6, 6.07) is 0. The van der Waals surface area contributed by atoms with Crippen molar-refractivity contribution < 1.29 is 24.1 Å². The van der Waals surface area contributed by atoms with Gasteiger partial charge in [0, 0.05) is 6.61 Å². The van der Waals surface area contributed by atoms with Gasteiger partial charge in [0.15, 0.2) is 0 Å². The number of carbonyl (C=O) groups excluding carboxylic acids is 1. The Morgan fingerprint density at radius 2 is 1.32 bits per heavy atom. The summed E-state index contributed by atoms with van der Waals surface area (Å²) in [6.45, 7) is 10.1. The number of aliphatic hydroxyl groups is 1. The van der Waals surface area contributed by atoms with Crippen LogP contribution in [0.1, 0.15) is 111 Å². The Hall–Kier alpha value is -0.910. The van der Waals surface area contributed by atoms with Crippen LogP contribution in [0.3, 0.4) is 0 Å². The van der Waals surface area contributed by atoms with Gasteiger partial charge < -0.3 is 9.84 Å². The molecule has 0 bridgehead atoms. The molecule has 1 heterocycles. The lowest BCUT2D eigenvalue weighted by Crippen LogP contribution is -2.55. The summed E-state index contributed by atoms with van der Waals surface area (Å²) in [6.07, 6.45) is 21.9. The van der Waals surface area contributed by atoms with E-state index in [-0.39, 0.29) is 12.6 Å². The van der Waals surface area contributed by atoms with Crippen molar-refractivity contribution in [3.05, 3.63) is 12.2 Å². The first-order valence-electron chi connectivity index (χ1n) is 13.1. The minimum absolute atomic E-state index is 0.0404.